The molecule has 0 fully saturated rings. The number of carbonyl (C=O) groups excluding carboxylic acids is 1. The van der Waals surface area contributed by atoms with E-state index in [2.05, 4.69) is 17.2 Å². The molecule has 0 aliphatic heterocycles. The van der Waals surface area contributed by atoms with Crippen molar-refractivity contribution in [3.8, 4) is 11.8 Å². The van der Waals surface area contributed by atoms with E-state index >= 15 is 0 Å². The van der Waals surface area contributed by atoms with Gasteiger partial charge < -0.3 is 11.1 Å². The molecule has 0 aliphatic rings. The molecule has 2 rings (SSSR count). The molecular formula is C15H13FN2OS. The van der Waals surface area contributed by atoms with Crippen molar-refractivity contribution in [3.05, 3.63) is 52.0 Å². The summed E-state index contributed by atoms with van der Waals surface area (Å²) >= 11 is 1.52. The predicted octanol–water partition coefficient (Wildman–Crippen LogP) is 2.38. The van der Waals surface area contributed by atoms with Gasteiger partial charge in [-0.1, -0.05) is 17.9 Å². The Morgan fingerprint density at radius 2 is 2.25 bits per heavy atom. The van der Waals surface area contributed by atoms with E-state index < -0.39 is 5.82 Å². The normalized spacial score (nSPS) is 9.70. The van der Waals surface area contributed by atoms with E-state index in [4.69, 9.17) is 5.73 Å². The maximum atomic E-state index is 13.5. The highest BCUT2D eigenvalue weighted by Gasteiger charge is 2.07. The molecule has 1 amide bonds. The van der Waals surface area contributed by atoms with Gasteiger partial charge in [0.25, 0.3) is 0 Å². The monoisotopic (exact) mass is 288 g/mol. The van der Waals surface area contributed by atoms with Gasteiger partial charge in [-0.15, -0.1) is 11.3 Å². The van der Waals surface area contributed by atoms with Crippen molar-refractivity contribution >= 4 is 22.9 Å². The van der Waals surface area contributed by atoms with Gasteiger partial charge in [0.15, 0.2) is 0 Å². The Labute approximate surface area is 120 Å². The van der Waals surface area contributed by atoms with E-state index in [9.17, 15) is 9.18 Å². The highest BCUT2D eigenvalue weighted by Crippen LogP contribution is 2.15. The van der Waals surface area contributed by atoms with E-state index in [1.54, 1.807) is 0 Å². The molecule has 102 valence electrons. The van der Waals surface area contributed by atoms with E-state index in [-0.39, 0.29) is 18.0 Å². The Morgan fingerprint density at radius 3 is 2.95 bits per heavy atom. The first kappa shape index (κ1) is 14.3. The molecule has 0 radical (unpaired) electrons. The zero-order valence-electron chi connectivity index (χ0n) is 10.7. The van der Waals surface area contributed by atoms with Gasteiger partial charge in [0.05, 0.1) is 18.5 Å². The lowest BCUT2D eigenvalue weighted by Crippen LogP contribution is -2.13. The number of hydrogen-bond donors (Lipinski definition) is 2. The fourth-order valence-corrected chi connectivity index (χ4v) is 2.33. The molecule has 0 spiro atoms. The summed E-state index contributed by atoms with van der Waals surface area (Å²) in [5, 5.41) is 4.64. The van der Waals surface area contributed by atoms with Crippen molar-refractivity contribution < 1.29 is 9.18 Å². The highest BCUT2D eigenvalue weighted by atomic mass is 32.1. The molecule has 0 saturated heterocycles. The Morgan fingerprint density at radius 1 is 1.40 bits per heavy atom. The van der Waals surface area contributed by atoms with Gasteiger partial charge in [0, 0.05) is 10.6 Å². The third-order valence-electron chi connectivity index (χ3n) is 2.49. The molecule has 1 aromatic carbocycles. The van der Waals surface area contributed by atoms with Crippen LogP contribution in [0.15, 0.2) is 35.7 Å². The molecule has 1 heterocycles. The third kappa shape index (κ3) is 3.92. The molecule has 3 N–H and O–H groups in total. The van der Waals surface area contributed by atoms with Crippen molar-refractivity contribution in [1.82, 2.24) is 0 Å². The largest absolute Gasteiger partial charge is 0.326 e. The topological polar surface area (TPSA) is 55.1 Å². The number of amides is 1. The number of carbonyl (C=O) groups is 1. The van der Waals surface area contributed by atoms with Crippen LogP contribution in [0.25, 0.3) is 0 Å². The van der Waals surface area contributed by atoms with Crippen LogP contribution < -0.4 is 11.1 Å². The summed E-state index contributed by atoms with van der Waals surface area (Å²) in [6.07, 6.45) is 0.304. The second-order valence-corrected chi connectivity index (χ2v) is 5.04. The second-order valence-electron chi connectivity index (χ2n) is 4.00. The number of halogens is 1. The molecule has 5 heteroatoms. The smallest absolute Gasteiger partial charge is 0.229 e. The lowest BCUT2D eigenvalue weighted by molar-refractivity contribution is -0.115. The van der Waals surface area contributed by atoms with Crippen molar-refractivity contribution in [1.29, 1.82) is 0 Å². The SMILES string of the molecule is NCC#Cc1cc(NC(=O)Cc2cccs2)ccc1F. The standard InChI is InChI=1S/C15H13FN2OS/c16-14-6-5-12(9-11(14)3-1-7-17)18-15(19)10-13-4-2-8-20-13/h2,4-6,8-9H,7,10,17H2,(H,18,19). The fraction of sp³-hybridized carbons (Fsp3) is 0.133. The minimum absolute atomic E-state index is 0.142. The first-order chi connectivity index (χ1) is 9.69. The number of hydrogen-bond acceptors (Lipinski definition) is 3. The average Bonchev–Trinajstić information content (AvgIpc) is 2.92. The first-order valence-electron chi connectivity index (χ1n) is 6.00. The summed E-state index contributed by atoms with van der Waals surface area (Å²) in [7, 11) is 0. The molecule has 1 aromatic heterocycles. The Kier molecular flexibility index (Phi) is 4.88. The summed E-state index contributed by atoms with van der Waals surface area (Å²) in [6, 6.07) is 8.08. The molecule has 20 heavy (non-hydrogen) atoms. The van der Waals surface area contributed by atoms with Crippen LogP contribution in [-0.2, 0) is 11.2 Å². The van der Waals surface area contributed by atoms with Crippen molar-refractivity contribution in [3.63, 3.8) is 0 Å². The zero-order valence-corrected chi connectivity index (χ0v) is 11.5. The molecule has 2 aromatic rings. The quantitative estimate of drug-likeness (QED) is 0.852. The number of benzene rings is 1. The van der Waals surface area contributed by atoms with Crippen LogP contribution >= 0.6 is 11.3 Å². The number of anilines is 1. The van der Waals surface area contributed by atoms with Gasteiger partial charge in [-0.2, -0.15) is 0 Å². The van der Waals surface area contributed by atoms with Crippen LogP contribution in [0.5, 0.6) is 0 Å². The minimum atomic E-state index is -0.429. The van der Waals surface area contributed by atoms with Crippen LogP contribution in [0, 0.1) is 17.7 Å². The Bertz CT molecular complexity index is 656. The van der Waals surface area contributed by atoms with Crippen LogP contribution in [-0.4, -0.2) is 12.5 Å². The first-order valence-corrected chi connectivity index (χ1v) is 6.87. The minimum Gasteiger partial charge on any atom is -0.326 e. The van der Waals surface area contributed by atoms with Crippen LogP contribution in [0.2, 0.25) is 0 Å². The molecule has 0 atom stereocenters. The van der Waals surface area contributed by atoms with Gasteiger partial charge >= 0.3 is 0 Å². The molecular weight excluding hydrogens is 275 g/mol. The van der Waals surface area contributed by atoms with E-state index in [1.165, 1.54) is 29.5 Å². The lowest BCUT2D eigenvalue weighted by atomic mass is 10.2. The number of nitrogens with two attached hydrogens (primary N) is 1. The van der Waals surface area contributed by atoms with Gasteiger partial charge in [0.2, 0.25) is 5.91 Å². The predicted molar refractivity (Wildman–Crippen MR) is 79.0 cm³/mol. The van der Waals surface area contributed by atoms with Crippen molar-refractivity contribution in [2.24, 2.45) is 5.73 Å². The van der Waals surface area contributed by atoms with E-state index in [0.29, 0.717) is 12.1 Å². The molecule has 3 nitrogen and oxygen atoms in total. The van der Waals surface area contributed by atoms with Gasteiger partial charge in [0.1, 0.15) is 5.82 Å². The number of rotatable bonds is 3. The molecule has 0 unspecified atom stereocenters. The fourth-order valence-electron chi connectivity index (χ4n) is 1.62. The summed E-state index contributed by atoms with van der Waals surface area (Å²) in [6.45, 7) is 0.161. The van der Waals surface area contributed by atoms with Crippen molar-refractivity contribution in [2.45, 2.75) is 6.42 Å². The number of thiophene rings is 1. The second kappa shape index (κ2) is 6.85. The lowest BCUT2D eigenvalue weighted by Gasteiger charge is -2.05. The van der Waals surface area contributed by atoms with E-state index in [1.807, 2.05) is 17.5 Å². The van der Waals surface area contributed by atoms with Crippen LogP contribution in [0.4, 0.5) is 10.1 Å². The summed E-state index contributed by atoms with van der Waals surface area (Å²) in [4.78, 5) is 12.8. The van der Waals surface area contributed by atoms with Gasteiger partial charge in [-0.05, 0) is 29.6 Å². The maximum absolute atomic E-state index is 13.5. The summed E-state index contributed by atoms with van der Waals surface area (Å²) in [5.41, 5.74) is 6.01. The molecule has 0 saturated carbocycles. The highest BCUT2D eigenvalue weighted by molar-refractivity contribution is 7.10. The summed E-state index contributed by atoms with van der Waals surface area (Å²) < 4.78 is 13.5. The van der Waals surface area contributed by atoms with E-state index in [0.717, 1.165) is 4.88 Å². The van der Waals surface area contributed by atoms with Crippen LogP contribution in [0.3, 0.4) is 0 Å². The molecule has 0 bridgehead atoms. The Balaban J connectivity index is 2.07. The molecule has 0 aliphatic carbocycles. The van der Waals surface area contributed by atoms with Gasteiger partial charge in [-0.3, -0.25) is 4.79 Å². The van der Waals surface area contributed by atoms with Crippen LogP contribution in [0.1, 0.15) is 10.4 Å². The number of nitrogens with one attached hydrogen (secondary N) is 1. The third-order valence-corrected chi connectivity index (χ3v) is 3.37. The van der Waals surface area contributed by atoms with Gasteiger partial charge in [-0.25, -0.2) is 4.39 Å². The Hall–Kier alpha value is -2.16. The maximum Gasteiger partial charge on any atom is 0.229 e. The van der Waals surface area contributed by atoms with Crippen molar-refractivity contribution in [2.75, 3.05) is 11.9 Å². The average molecular weight is 288 g/mol. The zero-order chi connectivity index (χ0) is 14.4. The summed E-state index contributed by atoms with van der Waals surface area (Å²) in [5.74, 6) is 4.65.